The summed E-state index contributed by atoms with van der Waals surface area (Å²) >= 11 is 0. The average molecular weight is 232 g/mol. The lowest BCUT2D eigenvalue weighted by molar-refractivity contribution is 0.0878. The first kappa shape index (κ1) is 11.3. The number of imide groups is 1. The van der Waals surface area contributed by atoms with Gasteiger partial charge in [-0.1, -0.05) is 6.92 Å². The molecule has 1 aliphatic heterocycles. The minimum Gasteiger partial charge on any atom is -0.352 e. The third kappa shape index (κ3) is 2.04. The second-order valence-corrected chi connectivity index (χ2v) is 3.80. The minimum absolute atomic E-state index is 0.234. The van der Waals surface area contributed by atoms with Crippen LogP contribution in [-0.2, 0) is 0 Å². The predicted molar refractivity (Wildman–Crippen MR) is 60.9 cm³/mol. The van der Waals surface area contributed by atoms with E-state index in [1.165, 1.54) is 12.1 Å². The molecule has 1 heterocycles. The van der Waals surface area contributed by atoms with Gasteiger partial charge in [0.05, 0.1) is 11.1 Å². The molecule has 2 rings (SSSR count). The molecule has 0 aromatic heterocycles. The predicted octanol–water partition coefficient (Wildman–Crippen LogP) is 0.710. The Morgan fingerprint density at radius 1 is 1.24 bits per heavy atom. The fraction of sp³-hybridized carbons (Fsp3) is 0.250. The number of benzene rings is 1. The summed E-state index contributed by atoms with van der Waals surface area (Å²) in [7, 11) is 0. The van der Waals surface area contributed by atoms with E-state index in [0.717, 1.165) is 6.42 Å². The highest BCUT2D eigenvalue weighted by molar-refractivity contribution is 6.22. The lowest BCUT2D eigenvalue weighted by atomic mass is 10.1. The van der Waals surface area contributed by atoms with Crippen LogP contribution in [0.5, 0.6) is 0 Å². The first-order chi connectivity index (χ1) is 8.13. The standard InChI is InChI=1S/C12H12N2O3/c1-2-5-13-10(15)7-3-4-8-9(6-7)12(17)14-11(8)16/h3-4,6H,2,5H2,1H3,(H,13,15)(H,14,16,17). The van der Waals surface area contributed by atoms with Crippen molar-refractivity contribution in [2.45, 2.75) is 13.3 Å². The van der Waals surface area contributed by atoms with E-state index < -0.39 is 11.8 Å². The SMILES string of the molecule is CCCNC(=O)c1ccc2c(c1)C(=O)NC2=O. The maximum atomic E-state index is 11.7. The molecule has 0 spiro atoms. The van der Waals surface area contributed by atoms with Crippen molar-refractivity contribution in [2.24, 2.45) is 0 Å². The third-order valence-corrected chi connectivity index (χ3v) is 2.53. The molecular formula is C12H12N2O3. The van der Waals surface area contributed by atoms with E-state index in [2.05, 4.69) is 10.6 Å². The summed E-state index contributed by atoms with van der Waals surface area (Å²) < 4.78 is 0. The third-order valence-electron chi connectivity index (χ3n) is 2.53. The smallest absolute Gasteiger partial charge is 0.258 e. The summed E-state index contributed by atoms with van der Waals surface area (Å²) in [6.45, 7) is 2.54. The van der Waals surface area contributed by atoms with E-state index in [4.69, 9.17) is 0 Å². The molecule has 0 aliphatic carbocycles. The second kappa shape index (κ2) is 4.37. The fourth-order valence-corrected chi connectivity index (χ4v) is 1.65. The summed E-state index contributed by atoms with van der Waals surface area (Å²) in [6.07, 6.45) is 0.843. The van der Waals surface area contributed by atoms with Crippen LogP contribution in [-0.4, -0.2) is 24.3 Å². The number of carbonyl (C=O) groups is 3. The van der Waals surface area contributed by atoms with Gasteiger partial charge < -0.3 is 5.32 Å². The van der Waals surface area contributed by atoms with Crippen LogP contribution >= 0.6 is 0 Å². The zero-order chi connectivity index (χ0) is 12.4. The van der Waals surface area contributed by atoms with E-state index >= 15 is 0 Å². The number of amides is 3. The molecule has 0 bridgehead atoms. The topological polar surface area (TPSA) is 75.3 Å². The van der Waals surface area contributed by atoms with Crippen LogP contribution < -0.4 is 10.6 Å². The molecule has 5 nitrogen and oxygen atoms in total. The van der Waals surface area contributed by atoms with Crippen molar-refractivity contribution >= 4 is 17.7 Å². The molecule has 1 aliphatic rings. The molecule has 5 heteroatoms. The molecule has 0 saturated carbocycles. The van der Waals surface area contributed by atoms with E-state index in [1.54, 1.807) is 6.07 Å². The van der Waals surface area contributed by atoms with E-state index in [0.29, 0.717) is 17.7 Å². The molecule has 88 valence electrons. The number of rotatable bonds is 3. The molecule has 1 aromatic rings. The molecular weight excluding hydrogens is 220 g/mol. The Balaban J connectivity index is 2.28. The van der Waals surface area contributed by atoms with E-state index in [1.807, 2.05) is 6.92 Å². The van der Waals surface area contributed by atoms with Gasteiger partial charge in [-0.15, -0.1) is 0 Å². The lowest BCUT2D eigenvalue weighted by Crippen LogP contribution is -2.24. The highest BCUT2D eigenvalue weighted by Gasteiger charge is 2.27. The molecule has 0 atom stereocenters. The van der Waals surface area contributed by atoms with Crippen LogP contribution in [0.1, 0.15) is 44.4 Å². The van der Waals surface area contributed by atoms with Crippen molar-refractivity contribution < 1.29 is 14.4 Å². The zero-order valence-electron chi connectivity index (χ0n) is 9.37. The number of hydrogen-bond acceptors (Lipinski definition) is 3. The second-order valence-electron chi connectivity index (χ2n) is 3.80. The van der Waals surface area contributed by atoms with Crippen LogP contribution in [0.25, 0.3) is 0 Å². The van der Waals surface area contributed by atoms with Crippen molar-refractivity contribution in [3.05, 3.63) is 34.9 Å². The van der Waals surface area contributed by atoms with Crippen LogP contribution in [0.15, 0.2) is 18.2 Å². The van der Waals surface area contributed by atoms with Gasteiger partial charge in [-0.05, 0) is 24.6 Å². The Labute approximate surface area is 98.2 Å². The summed E-state index contributed by atoms with van der Waals surface area (Å²) in [6, 6.07) is 4.49. The molecule has 2 N–H and O–H groups in total. The Morgan fingerprint density at radius 2 is 1.94 bits per heavy atom. The molecule has 3 amide bonds. The number of hydrogen-bond donors (Lipinski definition) is 2. The molecule has 0 unspecified atom stereocenters. The van der Waals surface area contributed by atoms with Crippen molar-refractivity contribution in [3.8, 4) is 0 Å². The largest absolute Gasteiger partial charge is 0.352 e. The van der Waals surface area contributed by atoms with Gasteiger partial charge in [-0.2, -0.15) is 0 Å². The van der Waals surface area contributed by atoms with Crippen molar-refractivity contribution in [1.29, 1.82) is 0 Å². The normalized spacial score (nSPS) is 13.2. The van der Waals surface area contributed by atoms with Crippen molar-refractivity contribution in [3.63, 3.8) is 0 Å². The quantitative estimate of drug-likeness (QED) is 0.753. The van der Waals surface area contributed by atoms with Gasteiger partial charge >= 0.3 is 0 Å². The first-order valence-electron chi connectivity index (χ1n) is 5.41. The Morgan fingerprint density at radius 3 is 2.65 bits per heavy atom. The van der Waals surface area contributed by atoms with Gasteiger partial charge in [-0.3, -0.25) is 19.7 Å². The maximum Gasteiger partial charge on any atom is 0.258 e. The fourth-order valence-electron chi connectivity index (χ4n) is 1.65. The molecule has 1 aromatic carbocycles. The lowest BCUT2D eigenvalue weighted by Gasteiger charge is -2.04. The highest BCUT2D eigenvalue weighted by atomic mass is 16.2. The van der Waals surface area contributed by atoms with Gasteiger partial charge in [0.25, 0.3) is 17.7 Å². The van der Waals surface area contributed by atoms with Crippen molar-refractivity contribution in [1.82, 2.24) is 10.6 Å². The average Bonchev–Trinajstić information content (AvgIpc) is 2.61. The van der Waals surface area contributed by atoms with Crippen molar-refractivity contribution in [2.75, 3.05) is 6.54 Å². The monoisotopic (exact) mass is 232 g/mol. The summed E-state index contributed by atoms with van der Waals surface area (Å²) in [4.78, 5) is 34.4. The number of carbonyl (C=O) groups excluding carboxylic acids is 3. The Hall–Kier alpha value is -2.17. The Bertz CT molecular complexity index is 508. The zero-order valence-corrected chi connectivity index (χ0v) is 9.37. The molecule has 0 fully saturated rings. The van der Waals surface area contributed by atoms with Gasteiger partial charge in [0.15, 0.2) is 0 Å². The summed E-state index contributed by atoms with van der Waals surface area (Å²) in [5, 5.41) is 4.89. The van der Waals surface area contributed by atoms with Crippen LogP contribution in [0, 0.1) is 0 Å². The van der Waals surface area contributed by atoms with Gasteiger partial charge in [0.2, 0.25) is 0 Å². The molecule has 0 saturated heterocycles. The first-order valence-corrected chi connectivity index (χ1v) is 5.41. The number of nitrogens with one attached hydrogen (secondary N) is 2. The van der Waals surface area contributed by atoms with Gasteiger partial charge in [0.1, 0.15) is 0 Å². The van der Waals surface area contributed by atoms with Crippen LogP contribution in [0.4, 0.5) is 0 Å². The van der Waals surface area contributed by atoms with Crippen LogP contribution in [0.3, 0.4) is 0 Å². The van der Waals surface area contributed by atoms with E-state index in [9.17, 15) is 14.4 Å². The van der Waals surface area contributed by atoms with Gasteiger partial charge in [0, 0.05) is 12.1 Å². The molecule has 17 heavy (non-hydrogen) atoms. The summed E-state index contributed by atoms with van der Waals surface area (Å²) in [5.74, 6) is -1.09. The number of fused-ring (bicyclic) bond motifs is 1. The maximum absolute atomic E-state index is 11.7. The summed E-state index contributed by atoms with van der Waals surface area (Å²) in [5.41, 5.74) is 0.975. The Kier molecular flexibility index (Phi) is 2.91. The van der Waals surface area contributed by atoms with E-state index in [-0.39, 0.29) is 11.5 Å². The van der Waals surface area contributed by atoms with Gasteiger partial charge in [-0.25, -0.2) is 0 Å². The molecule has 0 radical (unpaired) electrons. The highest BCUT2D eigenvalue weighted by Crippen LogP contribution is 2.17. The van der Waals surface area contributed by atoms with Crippen LogP contribution in [0.2, 0.25) is 0 Å². The minimum atomic E-state index is -0.449.